The highest BCUT2D eigenvalue weighted by atomic mass is 79.9. The van der Waals surface area contributed by atoms with Crippen molar-refractivity contribution < 1.29 is 4.79 Å². The summed E-state index contributed by atoms with van der Waals surface area (Å²) in [6.07, 6.45) is 0. The smallest absolute Gasteiger partial charge is 0.184 e. The van der Waals surface area contributed by atoms with Crippen molar-refractivity contribution >= 4 is 21.7 Å². The predicted octanol–water partition coefficient (Wildman–Crippen LogP) is 4.56. The van der Waals surface area contributed by atoms with Crippen molar-refractivity contribution in [2.24, 2.45) is 0 Å². The van der Waals surface area contributed by atoms with E-state index in [0.29, 0.717) is 5.56 Å². The minimum absolute atomic E-state index is 0.169. The first-order chi connectivity index (χ1) is 9.52. The van der Waals surface area contributed by atoms with Crippen molar-refractivity contribution in [3.05, 3.63) is 69.2 Å². The molecule has 2 nitrogen and oxygen atoms in total. The number of rotatable bonds is 3. The van der Waals surface area contributed by atoms with Crippen molar-refractivity contribution in [3.63, 3.8) is 0 Å². The molecule has 0 amide bonds. The van der Waals surface area contributed by atoms with Gasteiger partial charge in [0.25, 0.3) is 0 Å². The molecule has 0 radical (unpaired) electrons. The van der Waals surface area contributed by atoms with E-state index in [0.717, 1.165) is 21.2 Å². The second-order valence-corrected chi connectivity index (χ2v) is 5.66. The van der Waals surface area contributed by atoms with Gasteiger partial charge in [0.1, 0.15) is 5.92 Å². The lowest BCUT2D eigenvalue weighted by Gasteiger charge is -2.10. The molecule has 2 aromatic carbocycles. The van der Waals surface area contributed by atoms with Crippen LogP contribution < -0.4 is 0 Å². The number of hydrogen-bond donors (Lipinski definition) is 0. The van der Waals surface area contributed by atoms with Crippen LogP contribution in [-0.4, -0.2) is 5.78 Å². The molecule has 0 saturated carbocycles. The van der Waals surface area contributed by atoms with E-state index in [9.17, 15) is 10.1 Å². The minimum atomic E-state index is -0.759. The number of carbonyl (C=O) groups is 1. The van der Waals surface area contributed by atoms with Gasteiger partial charge in [-0.1, -0.05) is 57.9 Å². The number of nitrogens with zero attached hydrogens (tertiary/aromatic N) is 1. The van der Waals surface area contributed by atoms with Gasteiger partial charge in [-0.25, -0.2) is 0 Å². The first-order valence-electron chi connectivity index (χ1n) is 6.29. The highest BCUT2D eigenvalue weighted by molar-refractivity contribution is 9.10. The highest BCUT2D eigenvalue weighted by Crippen LogP contribution is 2.24. The van der Waals surface area contributed by atoms with E-state index in [-0.39, 0.29) is 5.78 Å². The van der Waals surface area contributed by atoms with Crippen molar-refractivity contribution in [2.75, 3.05) is 0 Å². The molecule has 0 saturated heterocycles. The molecule has 0 N–H and O–H groups in total. The van der Waals surface area contributed by atoms with Gasteiger partial charge in [-0.2, -0.15) is 5.26 Å². The number of carbonyl (C=O) groups excluding carboxylic acids is 1. The molecule has 0 bridgehead atoms. The van der Waals surface area contributed by atoms with E-state index in [1.807, 2.05) is 44.2 Å². The number of ketones is 1. The molecule has 0 aliphatic rings. The molecule has 0 aliphatic heterocycles. The van der Waals surface area contributed by atoms with Crippen molar-refractivity contribution in [3.8, 4) is 6.07 Å². The summed E-state index contributed by atoms with van der Waals surface area (Å²) in [7, 11) is 0. The van der Waals surface area contributed by atoms with Crippen molar-refractivity contribution in [1.29, 1.82) is 5.26 Å². The molecule has 1 atom stereocenters. The second kappa shape index (κ2) is 6.02. The molecule has 3 heteroatoms. The molecular weight excluding hydrogens is 314 g/mol. The van der Waals surface area contributed by atoms with Crippen LogP contribution in [0.15, 0.2) is 46.9 Å². The van der Waals surface area contributed by atoms with Gasteiger partial charge < -0.3 is 0 Å². The number of halogens is 1. The van der Waals surface area contributed by atoms with Crippen LogP contribution in [0.4, 0.5) is 0 Å². The Morgan fingerprint density at radius 3 is 2.35 bits per heavy atom. The fourth-order valence-electron chi connectivity index (χ4n) is 1.96. The van der Waals surface area contributed by atoms with E-state index < -0.39 is 5.92 Å². The molecule has 0 aliphatic carbocycles. The zero-order valence-electron chi connectivity index (χ0n) is 11.4. The van der Waals surface area contributed by atoms with Crippen LogP contribution in [0.1, 0.15) is 33.0 Å². The lowest BCUT2D eigenvalue weighted by atomic mass is 9.91. The summed E-state index contributed by atoms with van der Waals surface area (Å²) >= 11 is 3.42. The summed E-state index contributed by atoms with van der Waals surface area (Å²) in [4.78, 5) is 12.5. The maximum absolute atomic E-state index is 12.5. The molecule has 2 aromatic rings. The second-order valence-electron chi connectivity index (χ2n) is 4.80. The van der Waals surface area contributed by atoms with Gasteiger partial charge >= 0.3 is 0 Å². The Kier molecular flexibility index (Phi) is 4.36. The highest BCUT2D eigenvalue weighted by Gasteiger charge is 2.22. The third-order valence-electron chi connectivity index (χ3n) is 3.26. The molecule has 20 heavy (non-hydrogen) atoms. The van der Waals surface area contributed by atoms with Gasteiger partial charge in [0.05, 0.1) is 6.07 Å². The van der Waals surface area contributed by atoms with Crippen LogP contribution in [0.5, 0.6) is 0 Å². The number of hydrogen-bond acceptors (Lipinski definition) is 2. The Morgan fingerprint density at radius 1 is 1.15 bits per heavy atom. The van der Waals surface area contributed by atoms with Gasteiger partial charge in [-0.05, 0) is 31.0 Å². The lowest BCUT2D eigenvalue weighted by Crippen LogP contribution is -2.11. The number of aryl methyl sites for hydroxylation is 2. The Labute approximate surface area is 127 Å². The van der Waals surface area contributed by atoms with Crippen LogP contribution in [0.2, 0.25) is 0 Å². The van der Waals surface area contributed by atoms with Crippen molar-refractivity contribution in [1.82, 2.24) is 0 Å². The summed E-state index contributed by atoms with van der Waals surface area (Å²) in [6.45, 7) is 3.93. The Balaban J connectivity index is 2.36. The average molecular weight is 328 g/mol. The summed E-state index contributed by atoms with van der Waals surface area (Å²) in [5.74, 6) is -0.928. The van der Waals surface area contributed by atoms with Gasteiger partial charge in [-0.15, -0.1) is 0 Å². The molecule has 2 rings (SSSR count). The molecule has 0 spiro atoms. The van der Waals surface area contributed by atoms with E-state index in [2.05, 4.69) is 22.0 Å². The van der Waals surface area contributed by atoms with E-state index in [1.165, 1.54) is 0 Å². The molecule has 0 fully saturated rings. The zero-order chi connectivity index (χ0) is 14.7. The first-order valence-corrected chi connectivity index (χ1v) is 7.09. The maximum atomic E-state index is 12.5. The summed E-state index contributed by atoms with van der Waals surface area (Å²) in [5, 5.41) is 9.32. The van der Waals surface area contributed by atoms with Crippen LogP contribution in [0, 0.1) is 25.2 Å². The number of nitriles is 1. The predicted molar refractivity (Wildman–Crippen MR) is 82.7 cm³/mol. The fourth-order valence-corrected chi connectivity index (χ4v) is 2.34. The lowest BCUT2D eigenvalue weighted by molar-refractivity contribution is 0.0979. The number of Topliss-reactive ketones (excluding diaryl/α,β-unsaturated/α-hetero) is 1. The monoisotopic (exact) mass is 327 g/mol. The van der Waals surface area contributed by atoms with Crippen molar-refractivity contribution in [2.45, 2.75) is 19.8 Å². The van der Waals surface area contributed by atoms with Crippen LogP contribution >= 0.6 is 15.9 Å². The minimum Gasteiger partial charge on any atom is -0.292 e. The normalized spacial score (nSPS) is 11.7. The average Bonchev–Trinajstić information content (AvgIpc) is 2.44. The SMILES string of the molecule is Cc1ccc(C(C#N)C(=O)c2ccc(C)c(Br)c2)cc1. The summed E-state index contributed by atoms with van der Waals surface area (Å²) < 4.78 is 0.879. The summed E-state index contributed by atoms with van der Waals surface area (Å²) in [6, 6.07) is 15.0. The van der Waals surface area contributed by atoms with Gasteiger partial charge in [0, 0.05) is 10.0 Å². The quantitative estimate of drug-likeness (QED) is 0.775. The Bertz CT molecular complexity index is 683. The van der Waals surface area contributed by atoms with Crippen LogP contribution in [-0.2, 0) is 0 Å². The molecule has 0 aromatic heterocycles. The van der Waals surface area contributed by atoms with Crippen LogP contribution in [0.25, 0.3) is 0 Å². The maximum Gasteiger partial charge on any atom is 0.184 e. The van der Waals surface area contributed by atoms with E-state index in [1.54, 1.807) is 12.1 Å². The Hall–Kier alpha value is -1.92. The molecular formula is C17H14BrNO. The van der Waals surface area contributed by atoms with Crippen LogP contribution in [0.3, 0.4) is 0 Å². The largest absolute Gasteiger partial charge is 0.292 e. The van der Waals surface area contributed by atoms with Gasteiger partial charge in [0.15, 0.2) is 5.78 Å². The fraction of sp³-hybridized carbons (Fsp3) is 0.176. The van der Waals surface area contributed by atoms with Gasteiger partial charge in [-0.3, -0.25) is 4.79 Å². The third kappa shape index (κ3) is 2.97. The van der Waals surface area contributed by atoms with Gasteiger partial charge in [0.2, 0.25) is 0 Å². The standard InChI is InChI=1S/C17H14BrNO/c1-11-3-6-13(7-4-11)15(10-19)17(20)14-8-5-12(2)16(18)9-14/h3-9,15H,1-2H3. The molecule has 0 heterocycles. The topological polar surface area (TPSA) is 40.9 Å². The summed E-state index contributed by atoms with van der Waals surface area (Å²) in [5.41, 5.74) is 3.45. The molecule has 1 unspecified atom stereocenters. The van der Waals surface area contributed by atoms with E-state index in [4.69, 9.17) is 0 Å². The molecule has 100 valence electrons. The Morgan fingerprint density at radius 2 is 1.80 bits per heavy atom. The first kappa shape index (κ1) is 14.5. The zero-order valence-corrected chi connectivity index (χ0v) is 12.9. The third-order valence-corrected chi connectivity index (χ3v) is 4.11. The van der Waals surface area contributed by atoms with E-state index >= 15 is 0 Å². The number of benzene rings is 2.